The predicted octanol–water partition coefficient (Wildman–Crippen LogP) is 4.25. The highest BCUT2D eigenvalue weighted by molar-refractivity contribution is 7.96. The van der Waals surface area contributed by atoms with Gasteiger partial charge >= 0.3 is 6.18 Å². The molecule has 14 heteroatoms. The summed E-state index contributed by atoms with van der Waals surface area (Å²) in [6, 6.07) is 7.58. The van der Waals surface area contributed by atoms with Crippen LogP contribution in [0.15, 0.2) is 42.9 Å². The average Bonchev–Trinajstić information content (AvgIpc) is 3.45. The Kier molecular flexibility index (Phi) is 6.34. The molecule has 4 heterocycles. The number of nitrogen functional groups attached to an aromatic ring is 1. The first-order valence-electron chi connectivity index (χ1n) is 11.6. The van der Waals surface area contributed by atoms with Gasteiger partial charge in [0.1, 0.15) is 23.9 Å². The lowest BCUT2D eigenvalue weighted by molar-refractivity contribution is -0.142. The molecule has 0 bridgehead atoms. The van der Waals surface area contributed by atoms with Crippen LogP contribution in [0.4, 0.5) is 29.1 Å². The number of nitrogens with two attached hydrogens (primary N) is 1. The van der Waals surface area contributed by atoms with Gasteiger partial charge in [0.05, 0.1) is 17.1 Å². The lowest BCUT2D eigenvalue weighted by atomic mass is 9.99. The van der Waals surface area contributed by atoms with Crippen molar-refractivity contribution in [3.05, 3.63) is 48.7 Å². The Labute approximate surface area is 219 Å². The fraction of sp³-hybridized carbons (Fsp3) is 0.333. The van der Waals surface area contributed by atoms with Gasteiger partial charge in [0.25, 0.3) is 0 Å². The molecule has 3 aromatic heterocycles. The molecule has 0 radical (unpaired) electrons. The second kappa shape index (κ2) is 9.27. The Morgan fingerprint density at radius 2 is 1.87 bits per heavy atom. The van der Waals surface area contributed by atoms with Crippen molar-refractivity contribution in [3.8, 4) is 22.5 Å². The van der Waals surface area contributed by atoms with Crippen molar-refractivity contribution in [1.29, 1.82) is 0 Å². The molecule has 0 atom stereocenters. The number of rotatable bonds is 5. The summed E-state index contributed by atoms with van der Waals surface area (Å²) in [5.74, 6) is -0.915. The van der Waals surface area contributed by atoms with Crippen LogP contribution in [0.3, 0.4) is 0 Å². The molecule has 1 aromatic carbocycles. The summed E-state index contributed by atoms with van der Waals surface area (Å²) in [6.07, 6.45) is -0.206. The Morgan fingerprint density at radius 1 is 1.11 bits per heavy atom. The molecule has 9 nitrogen and oxygen atoms in total. The number of piperazine rings is 1. The van der Waals surface area contributed by atoms with Gasteiger partial charge in [-0.2, -0.15) is 23.4 Å². The Balaban J connectivity index is 1.65. The molecule has 1 saturated heterocycles. The number of carbonyl (C=O) groups excluding carboxylic acids is 1. The highest BCUT2D eigenvalue weighted by atomic mass is 32.2. The quantitative estimate of drug-likeness (QED) is 0.294. The van der Waals surface area contributed by atoms with Crippen LogP contribution < -0.4 is 10.6 Å². The minimum atomic E-state index is -4.51. The second-order valence-corrected chi connectivity index (χ2v) is 10.1. The first kappa shape index (κ1) is 26.0. The summed E-state index contributed by atoms with van der Waals surface area (Å²) in [7, 11) is 0. The van der Waals surface area contributed by atoms with Crippen LogP contribution in [0, 0.1) is 5.82 Å². The largest absolute Gasteiger partial charge is 0.408 e. The topological polar surface area (TPSA) is 97.6 Å². The average molecular weight is 549 g/mol. The fourth-order valence-electron chi connectivity index (χ4n) is 4.80. The van der Waals surface area contributed by atoms with Crippen LogP contribution in [-0.4, -0.2) is 65.7 Å². The summed E-state index contributed by atoms with van der Waals surface area (Å²) in [5, 5.41) is 8.02. The molecule has 0 unspecified atom stereocenters. The molecule has 38 heavy (non-hydrogen) atoms. The summed E-state index contributed by atoms with van der Waals surface area (Å²) in [5.41, 5.74) is 6.28. The van der Waals surface area contributed by atoms with Crippen molar-refractivity contribution in [2.75, 3.05) is 30.0 Å². The number of halogens is 4. The maximum atomic E-state index is 16.2. The number of amides is 1. The first-order chi connectivity index (χ1) is 17.9. The van der Waals surface area contributed by atoms with Gasteiger partial charge in [-0.3, -0.25) is 9.48 Å². The van der Waals surface area contributed by atoms with E-state index >= 15 is 4.39 Å². The van der Waals surface area contributed by atoms with E-state index < -0.39 is 24.1 Å². The van der Waals surface area contributed by atoms with Crippen LogP contribution in [0.2, 0.25) is 0 Å². The van der Waals surface area contributed by atoms with E-state index in [1.165, 1.54) is 58.2 Å². The molecule has 0 saturated carbocycles. The highest BCUT2D eigenvalue weighted by Crippen LogP contribution is 2.39. The minimum absolute atomic E-state index is 0.00249. The smallest absolute Gasteiger partial charge is 0.382 e. The van der Waals surface area contributed by atoms with E-state index in [1.54, 1.807) is 19.9 Å². The zero-order valence-electron chi connectivity index (χ0n) is 20.7. The third-order valence-corrected chi connectivity index (χ3v) is 7.67. The molecule has 1 amide bonds. The zero-order valence-corrected chi connectivity index (χ0v) is 21.5. The molecule has 0 aliphatic carbocycles. The molecule has 1 aliphatic rings. The first-order valence-corrected chi connectivity index (χ1v) is 12.8. The predicted molar refractivity (Wildman–Crippen MR) is 137 cm³/mol. The number of alkyl halides is 3. The van der Waals surface area contributed by atoms with Crippen LogP contribution in [0.1, 0.15) is 13.8 Å². The van der Waals surface area contributed by atoms with Gasteiger partial charge in [-0.1, -0.05) is 18.0 Å². The summed E-state index contributed by atoms with van der Waals surface area (Å²) in [4.78, 5) is 18.8. The summed E-state index contributed by atoms with van der Waals surface area (Å²) >= 11 is 1.45. The normalized spacial score (nSPS) is 16.5. The molecule has 1 fully saturated rings. The standard InChI is InChI=1S/C24H24F4N8OS/c1-23(2)22(37)33(9-10-35(23)38-3)17-6-4-5-14(19(17)25)18-11-15(20-21(29)30-13-32-36(18)20)16-7-8-31-34(16)12-24(26,27)28/h4-8,11,13H,9-10,12H2,1-3H3,(H2,29,30,32). The number of nitrogens with zero attached hydrogens (tertiary/aromatic N) is 7. The van der Waals surface area contributed by atoms with Gasteiger partial charge in [-0.05, 0) is 44.4 Å². The van der Waals surface area contributed by atoms with Crippen molar-refractivity contribution in [2.24, 2.45) is 0 Å². The summed E-state index contributed by atoms with van der Waals surface area (Å²) in [6.45, 7) is 3.08. The molecule has 4 aromatic rings. The van der Waals surface area contributed by atoms with E-state index in [1.807, 2.05) is 10.6 Å². The third-order valence-electron chi connectivity index (χ3n) is 6.59. The third kappa shape index (κ3) is 4.26. The van der Waals surface area contributed by atoms with E-state index in [4.69, 9.17) is 5.73 Å². The van der Waals surface area contributed by atoms with Crippen molar-refractivity contribution >= 4 is 34.9 Å². The number of benzene rings is 1. The highest BCUT2D eigenvalue weighted by Gasteiger charge is 2.43. The SMILES string of the molecule is CSN1CCN(c2cccc(-c3cc(-c4ccnn4CC(F)(F)F)c4c(N)ncnn34)c2F)C(=O)C1(C)C. The van der Waals surface area contributed by atoms with E-state index in [0.717, 1.165) is 4.68 Å². The Morgan fingerprint density at radius 3 is 2.58 bits per heavy atom. The lowest BCUT2D eigenvalue weighted by Crippen LogP contribution is -2.61. The molecular weight excluding hydrogens is 524 g/mol. The van der Waals surface area contributed by atoms with Gasteiger partial charge in [0.15, 0.2) is 11.6 Å². The number of carbonyl (C=O) groups is 1. The minimum Gasteiger partial charge on any atom is -0.382 e. The number of aromatic nitrogens is 5. The van der Waals surface area contributed by atoms with E-state index in [2.05, 4.69) is 15.2 Å². The molecule has 5 rings (SSSR count). The van der Waals surface area contributed by atoms with Crippen molar-refractivity contribution in [3.63, 3.8) is 0 Å². The van der Waals surface area contributed by atoms with E-state index in [0.29, 0.717) is 6.54 Å². The molecular formula is C24H24F4N8OS. The van der Waals surface area contributed by atoms with E-state index in [-0.39, 0.29) is 52.0 Å². The molecule has 1 aliphatic heterocycles. The summed E-state index contributed by atoms with van der Waals surface area (Å²) < 4.78 is 59.8. The molecule has 2 N–H and O–H groups in total. The van der Waals surface area contributed by atoms with Crippen molar-refractivity contribution < 1.29 is 22.4 Å². The van der Waals surface area contributed by atoms with Crippen LogP contribution in [-0.2, 0) is 11.3 Å². The maximum Gasteiger partial charge on any atom is 0.408 e. The second-order valence-electron chi connectivity index (χ2n) is 9.28. The molecule has 0 spiro atoms. The zero-order chi connectivity index (χ0) is 27.4. The fourth-order valence-corrected chi connectivity index (χ4v) is 5.60. The van der Waals surface area contributed by atoms with Gasteiger partial charge < -0.3 is 10.6 Å². The number of hydrogen-bond acceptors (Lipinski definition) is 7. The number of hydrogen-bond donors (Lipinski definition) is 1. The maximum absolute atomic E-state index is 16.2. The van der Waals surface area contributed by atoms with Crippen LogP contribution >= 0.6 is 11.9 Å². The van der Waals surface area contributed by atoms with Crippen LogP contribution in [0.5, 0.6) is 0 Å². The van der Waals surface area contributed by atoms with Crippen molar-refractivity contribution in [1.82, 2.24) is 28.7 Å². The van der Waals surface area contributed by atoms with Gasteiger partial charge in [0.2, 0.25) is 5.91 Å². The Hall–Kier alpha value is -3.65. The Bertz CT molecular complexity index is 1530. The van der Waals surface area contributed by atoms with Gasteiger partial charge in [0, 0.05) is 30.4 Å². The van der Waals surface area contributed by atoms with Gasteiger partial charge in [-0.25, -0.2) is 18.2 Å². The van der Waals surface area contributed by atoms with E-state index in [9.17, 15) is 18.0 Å². The molecule has 200 valence electrons. The van der Waals surface area contributed by atoms with Gasteiger partial charge in [-0.15, -0.1) is 0 Å². The monoisotopic (exact) mass is 548 g/mol. The number of fused-ring (bicyclic) bond motifs is 1. The lowest BCUT2D eigenvalue weighted by Gasteiger charge is -2.44. The number of anilines is 2. The van der Waals surface area contributed by atoms with Crippen molar-refractivity contribution in [2.45, 2.75) is 32.1 Å². The van der Waals surface area contributed by atoms with Crippen LogP contribution in [0.25, 0.3) is 28.0 Å².